The number of anilines is 2. The van der Waals surface area contributed by atoms with Crippen molar-refractivity contribution in [1.82, 2.24) is 14.9 Å². The summed E-state index contributed by atoms with van der Waals surface area (Å²) >= 11 is 0. The second kappa shape index (κ2) is 8.18. The van der Waals surface area contributed by atoms with Crippen LogP contribution in [-0.4, -0.2) is 54.8 Å². The highest BCUT2D eigenvalue weighted by molar-refractivity contribution is 7.90. The first-order chi connectivity index (χ1) is 14.6. The maximum absolute atomic E-state index is 11.6. The molecule has 7 nitrogen and oxygen atoms in total. The first-order valence-electron chi connectivity index (χ1n) is 10.4. The van der Waals surface area contributed by atoms with Gasteiger partial charge in [0.15, 0.2) is 9.84 Å². The minimum Gasteiger partial charge on any atom is -0.384 e. The van der Waals surface area contributed by atoms with E-state index >= 15 is 0 Å². The van der Waals surface area contributed by atoms with Crippen molar-refractivity contribution in [3.63, 3.8) is 0 Å². The quantitative estimate of drug-likeness (QED) is 0.628. The van der Waals surface area contributed by atoms with Crippen molar-refractivity contribution in [1.29, 1.82) is 0 Å². The van der Waals surface area contributed by atoms with Crippen molar-refractivity contribution in [2.24, 2.45) is 5.92 Å². The molecule has 1 aromatic carbocycles. The summed E-state index contributed by atoms with van der Waals surface area (Å²) in [6, 6.07) is 12.2. The van der Waals surface area contributed by atoms with Crippen molar-refractivity contribution in [2.75, 3.05) is 31.7 Å². The van der Waals surface area contributed by atoms with Crippen LogP contribution in [0.4, 0.5) is 11.5 Å². The number of aromatic nitrogens is 2. The Hall–Kier alpha value is -2.55. The van der Waals surface area contributed by atoms with Gasteiger partial charge in [-0.25, -0.2) is 18.4 Å². The Labute approximate surface area is 183 Å². The lowest BCUT2D eigenvalue weighted by molar-refractivity contribution is -0.0334. The van der Waals surface area contributed by atoms with Gasteiger partial charge in [-0.15, -0.1) is 0 Å². The summed E-state index contributed by atoms with van der Waals surface area (Å²) in [7, 11) is -1.13. The molecule has 1 saturated heterocycles. The maximum Gasteiger partial charge on any atom is 0.175 e. The fourth-order valence-electron chi connectivity index (χ4n) is 4.08. The first kappa shape index (κ1) is 21.7. The maximum atomic E-state index is 11.6. The number of nitrogens with zero attached hydrogens (tertiary/aromatic N) is 3. The Bertz CT molecular complexity index is 1190. The number of benzene rings is 1. The van der Waals surface area contributed by atoms with Crippen LogP contribution in [0.5, 0.6) is 0 Å². The molecule has 2 aromatic heterocycles. The van der Waals surface area contributed by atoms with Gasteiger partial charge in [-0.1, -0.05) is 0 Å². The number of sulfone groups is 1. The summed E-state index contributed by atoms with van der Waals surface area (Å²) in [6.07, 6.45) is 4.80. The van der Waals surface area contributed by atoms with E-state index in [4.69, 9.17) is 4.98 Å². The molecule has 0 bridgehead atoms. The third kappa shape index (κ3) is 4.71. The smallest absolute Gasteiger partial charge is 0.175 e. The summed E-state index contributed by atoms with van der Waals surface area (Å²) in [5.74, 6) is 0.768. The Kier molecular flexibility index (Phi) is 5.72. The van der Waals surface area contributed by atoms with Gasteiger partial charge in [0.2, 0.25) is 0 Å². The third-order valence-electron chi connectivity index (χ3n) is 6.16. The van der Waals surface area contributed by atoms with Crippen LogP contribution in [0.3, 0.4) is 0 Å². The van der Waals surface area contributed by atoms with E-state index in [1.54, 1.807) is 30.5 Å². The zero-order valence-corrected chi connectivity index (χ0v) is 18.9. The number of aliphatic hydroxyl groups is 1. The predicted molar refractivity (Wildman–Crippen MR) is 122 cm³/mol. The van der Waals surface area contributed by atoms with Gasteiger partial charge in [-0.3, -0.25) is 0 Å². The van der Waals surface area contributed by atoms with Gasteiger partial charge < -0.3 is 15.3 Å². The van der Waals surface area contributed by atoms with Gasteiger partial charge in [0.05, 0.1) is 16.1 Å². The number of nitrogens with one attached hydrogen (secondary N) is 1. The van der Waals surface area contributed by atoms with Crippen molar-refractivity contribution < 1.29 is 13.5 Å². The number of piperidine rings is 1. The number of likely N-dealkylation sites (tertiary alicyclic amines) is 1. The average molecular weight is 441 g/mol. The molecule has 0 spiro atoms. The van der Waals surface area contributed by atoms with E-state index in [0.717, 1.165) is 42.5 Å². The van der Waals surface area contributed by atoms with Crippen molar-refractivity contribution in [2.45, 2.75) is 30.3 Å². The van der Waals surface area contributed by atoms with Crippen LogP contribution in [0, 0.1) is 5.92 Å². The lowest BCUT2D eigenvalue weighted by atomic mass is 9.79. The molecule has 2 N–H and O–H groups in total. The second-order valence-corrected chi connectivity index (χ2v) is 10.6. The molecule has 1 aliphatic rings. The van der Waals surface area contributed by atoms with Crippen molar-refractivity contribution in [3.05, 3.63) is 54.4 Å². The molecule has 0 radical (unpaired) electrons. The number of rotatable bonds is 5. The van der Waals surface area contributed by atoms with Crippen LogP contribution >= 0.6 is 0 Å². The molecule has 0 unspecified atom stereocenters. The molecule has 4 rings (SSSR count). The summed E-state index contributed by atoms with van der Waals surface area (Å²) in [5.41, 5.74) is 1.15. The fourth-order valence-corrected chi connectivity index (χ4v) is 4.71. The van der Waals surface area contributed by atoms with Gasteiger partial charge in [-0.05, 0) is 82.2 Å². The Morgan fingerprint density at radius 3 is 2.45 bits per heavy atom. The fraction of sp³-hybridized carbons (Fsp3) is 0.391. The minimum atomic E-state index is -3.23. The van der Waals surface area contributed by atoms with Crippen molar-refractivity contribution in [3.8, 4) is 0 Å². The molecule has 8 heteroatoms. The molecule has 0 saturated carbocycles. The highest BCUT2D eigenvalue weighted by atomic mass is 32.2. The zero-order chi connectivity index (χ0) is 22.2. The van der Waals surface area contributed by atoms with Gasteiger partial charge in [0.25, 0.3) is 0 Å². The Balaban J connectivity index is 1.58. The van der Waals surface area contributed by atoms with Crippen LogP contribution in [0.25, 0.3) is 10.9 Å². The highest BCUT2D eigenvalue weighted by Gasteiger charge is 2.36. The molecular formula is C23H28N4O3S. The summed E-state index contributed by atoms with van der Waals surface area (Å²) in [5, 5.41) is 15.4. The van der Waals surface area contributed by atoms with E-state index < -0.39 is 15.4 Å². The van der Waals surface area contributed by atoms with Crippen LogP contribution in [0.15, 0.2) is 53.6 Å². The predicted octanol–water partition coefficient (Wildman–Crippen LogP) is 3.33. The normalized spacial score (nSPS) is 18.1. The summed E-state index contributed by atoms with van der Waals surface area (Å²) in [6.45, 7) is 3.82. The standard InChI is InChI=1S/C23H28N4O3S/c1-23(28,17-10-12-27(2)13-11-17)21-9-4-16-15-24-22(14-20(16)26-21)25-18-5-7-19(8-6-18)31(3,29)30/h4-9,14-15,17,28H,10-13H2,1-3H3,(H,24,25)/t23-/m1/s1. The Morgan fingerprint density at radius 2 is 1.81 bits per heavy atom. The molecule has 0 amide bonds. The minimum absolute atomic E-state index is 0.168. The van der Waals surface area contributed by atoms with Gasteiger partial charge >= 0.3 is 0 Å². The zero-order valence-electron chi connectivity index (χ0n) is 18.0. The molecule has 164 valence electrons. The number of pyridine rings is 2. The summed E-state index contributed by atoms with van der Waals surface area (Å²) in [4.78, 5) is 11.7. The molecular weight excluding hydrogens is 412 g/mol. The van der Waals surface area contributed by atoms with E-state index in [2.05, 4.69) is 22.2 Å². The average Bonchev–Trinajstić information content (AvgIpc) is 2.73. The number of hydrogen-bond acceptors (Lipinski definition) is 7. The van der Waals surface area contributed by atoms with Gasteiger partial charge in [0.1, 0.15) is 11.4 Å². The van der Waals surface area contributed by atoms with Crippen LogP contribution < -0.4 is 5.32 Å². The molecule has 3 heterocycles. The summed E-state index contributed by atoms with van der Waals surface area (Å²) < 4.78 is 23.3. The van der Waals surface area contributed by atoms with E-state index in [9.17, 15) is 13.5 Å². The molecule has 1 aliphatic heterocycles. The number of fused-ring (bicyclic) bond motifs is 1. The third-order valence-corrected chi connectivity index (χ3v) is 7.29. The van der Waals surface area contributed by atoms with Crippen molar-refractivity contribution >= 4 is 32.2 Å². The van der Waals surface area contributed by atoms with Gasteiger partial charge in [-0.2, -0.15) is 0 Å². The molecule has 1 fully saturated rings. The Morgan fingerprint density at radius 1 is 1.13 bits per heavy atom. The molecule has 31 heavy (non-hydrogen) atoms. The van der Waals surface area contributed by atoms with E-state index in [-0.39, 0.29) is 10.8 Å². The largest absolute Gasteiger partial charge is 0.384 e. The lowest BCUT2D eigenvalue weighted by Crippen LogP contribution is -2.41. The topological polar surface area (TPSA) is 95.4 Å². The number of hydrogen-bond donors (Lipinski definition) is 2. The highest BCUT2D eigenvalue weighted by Crippen LogP contribution is 2.36. The van der Waals surface area contributed by atoms with Gasteiger partial charge in [0, 0.05) is 29.6 Å². The monoisotopic (exact) mass is 440 g/mol. The molecule has 0 aliphatic carbocycles. The lowest BCUT2D eigenvalue weighted by Gasteiger charge is -2.38. The second-order valence-electron chi connectivity index (χ2n) is 8.61. The molecule has 3 aromatic rings. The van der Waals surface area contributed by atoms with E-state index in [1.807, 2.05) is 25.1 Å². The van der Waals surface area contributed by atoms with E-state index in [0.29, 0.717) is 11.5 Å². The van der Waals surface area contributed by atoms with E-state index in [1.165, 1.54) is 6.26 Å². The SMILES string of the molecule is CN1CCC([C@@](C)(O)c2ccc3cnc(Nc4ccc(S(C)(=O)=O)cc4)cc3n2)CC1. The van der Waals surface area contributed by atoms with Crippen LogP contribution in [0.1, 0.15) is 25.5 Å². The first-order valence-corrected chi connectivity index (χ1v) is 12.3. The van der Waals surface area contributed by atoms with Crippen LogP contribution in [-0.2, 0) is 15.4 Å². The molecule has 1 atom stereocenters. The van der Waals surface area contributed by atoms with Crippen LogP contribution in [0.2, 0.25) is 0 Å².